The fraction of sp³-hybridized carbons (Fsp3) is 0.0556. The molecule has 3 aromatic rings. The van der Waals surface area contributed by atoms with Crippen LogP contribution in [0.5, 0.6) is 0 Å². The lowest BCUT2D eigenvalue weighted by molar-refractivity contribution is 0.411. The molecule has 0 bridgehead atoms. The number of rotatable bonds is 2. The van der Waals surface area contributed by atoms with Gasteiger partial charge in [-0.15, -0.1) is 0 Å². The van der Waals surface area contributed by atoms with Gasteiger partial charge in [-0.2, -0.15) is 0 Å². The first kappa shape index (κ1) is 18.0. The van der Waals surface area contributed by atoms with Crippen molar-refractivity contribution in [2.24, 2.45) is 0 Å². The standard InChI is InChI=1S/C18H11BrCl2N4O2/c19-8-1-4-12-10(5-8)18(27)24-17(23-12)15-14(26)7-25(16(15)22)13-6-9(20)2-3-11(13)21/h1-6,22,26H,7H2,(H,23,24,27). The van der Waals surface area contributed by atoms with Gasteiger partial charge in [-0.25, -0.2) is 4.98 Å². The second-order valence-electron chi connectivity index (χ2n) is 5.93. The predicted molar refractivity (Wildman–Crippen MR) is 111 cm³/mol. The van der Waals surface area contributed by atoms with Crippen LogP contribution < -0.4 is 10.5 Å². The molecule has 2 heterocycles. The number of aliphatic hydroxyl groups excluding tert-OH is 1. The Hall–Kier alpha value is -2.35. The van der Waals surface area contributed by atoms with Gasteiger partial charge in [0.25, 0.3) is 5.56 Å². The molecule has 1 aliphatic rings. The van der Waals surface area contributed by atoms with Gasteiger partial charge in [0.1, 0.15) is 17.4 Å². The smallest absolute Gasteiger partial charge is 0.259 e. The van der Waals surface area contributed by atoms with E-state index < -0.39 is 0 Å². The van der Waals surface area contributed by atoms with Crippen LogP contribution >= 0.6 is 39.1 Å². The lowest BCUT2D eigenvalue weighted by atomic mass is 10.2. The largest absolute Gasteiger partial charge is 0.509 e. The Bertz CT molecular complexity index is 1210. The first-order valence-electron chi connectivity index (χ1n) is 7.78. The Labute approximate surface area is 171 Å². The van der Waals surface area contributed by atoms with Crippen molar-refractivity contribution in [2.45, 2.75) is 0 Å². The molecule has 136 valence electrons. The molecule has 0 aliphatic carbocycles. The first-order valence-corrected chi connectivity index (χ1v) is 9.33. The second kappa shape index (κ2) is 6.67. The van der Waals surface area contributed by atoms with Crippen LogP contribution in [0.2, 0.25) is 10.0 Å². The predicted octanol–water partition coefficient (Wildman–Crippen LogP) is 4.76. The van der Waals surface area contributed by atoms with Gasteiger partial charge in [-0.05, 0) is 36.4 Å². The van der Waals surface area contributed by atoms with Crippen LogP contribution in [-0.2, 0) is 0 Å². The van der Waals surface area contributed by atoms with Crippen LogP contribution in [0.25, 0.3) is 16.5 Å². The van der Waals surface area contributed by atoms with Crippen LogP contribution in [0.3, 0.4) is 0 Å². The number of benzene rings is 2. The van der Waals surface area contributed by atoms with E-state index in [1.807, 2.05) is 0 Å². The summed E-state index contributed by atoms with van der Waals surface area (Å²) in [5, 5.41) is 20.2. The highest BCUT2D eigenvalue weighted by Gasteiger charge is 2.32. The topological polar surface area (TPSA) is 93.1 Å². The van der Waals surface area contributed by atoms with Gasteiger partial charge >= 0.3 is 0 Å². The van der Waals surface area contributed by atoms with Gasteiger partial charge in [0.15, 0.2) is 0 Å². The summed E-state index contributed by atoms with van der Waals surface area (Å²) in [6.45, 7) is 0.0241. The second-order valence-corrected chi connectivity index (χ2v) is 7.69. The number of hydrogen-bond donors (Lipinski definition) is 3. The maximum atomic E-state index is 12.4. The number of anilines is 1. The normalized spacial score (nSPS) is 14.5. The third-order valence-electron chi connectivity index (χ3n) is 4.21. The molecule has 1 aliphatic heterocycles. The summed E-state index contributed by atoms with van der Waals surface area (Å²) in [4.78, 5) is 21.0. The Kier molecular flexibility index (Phi) is 4.46. The molecule has 0 radical (unpaired) electrons. The van der Waals surface area contributed by atoms with E-state index in [-0.39, 0.29) is 35.1 Å². The van der Waals surface area contributed by atoms with E-state index in [0.717, 1.165) is 4.47 Å². The lowest BCUT2D eigenvalue weighted by Gasteiger charge is -2.20. The van der Waals surface area contributed by atoms with Crippen molar-refractivity contribution < 1.29 is 5.11 Å². The zero-order chi connectivity index (χ0) is 19.3. The van der Waals surface area contributed by atoms with Gasteiger partial charge in [0.05, 0.1) is 33.7 Å². The van der Waals surface area contributed by atoms with Crippen molar-refractivity contribution in [1.29, 1.82) is 5.41 Å². The van der Waals surface area contributed by atoms with Crippen molar-refractivity contribution in [1.82, 2.24) is 9.97 Å². The lowest BCUT2D eigenvalue weighted by Crippen LogP contribution is -2.27. The fourth-order valence-corrected chi connectivity index (χ4v) is 3.70. The number of aromatic amines is 1. The number of H-pyrrole nitrogens is 1. The van der Waals surface area contributed by atoms with E-state index >= 15 is 0 Å². The van der Waals surface area contributed by atoms with E-state index in [9.17, 15) is 9.90 Å². The van der Waals surface area contributed by atoms with Gasteiger partial charge in [-0.1, -0.05) is 39.1 Å². The van der Waals surface area contributed by atoms with Crippen LogP contribution in [0.4, 0.5) is 5.69 Å². The summed E-state index contributed by atoms with van der Waals surface area (Å²) in [7, 11) is 0. The molecule has 3 N–H and O–H groups in total. The van der Waals surface area contributed by atoms with Crippen LogP contribution in [0, 0.1) is 5.41 Å². The summed E-state index contributed by atoms with van der Waals surface area (Å²) in [6, 6.07) is 10.0. The molecular weight excluding hydrogens is 455 g/mol. The van der Waals surface area contributed by atoms with E-state index in [0.29, 0.717) is 26.6 Å². The third-order valence-corrected chi connectivity index (χ3v) is 5.25. The molecule has 0 amide bonds. The molecule has 0 saturated heterocycles. The van der Waals surface area contributed by atoms with E-state index in [1.54, 1.807) is 36.4 Å². The molecule has 1 aromatic heterocycles. The van der Waals surface area contributed by atoms with Crippen LogP contribution in [0.15, 0.2) is 51.4 Å². The summed E-state index contributed by atoms with van der Waals surface area (Å²) in [5.41, 5.74) is 0.740. The number of aliphatic hydroxyl groups is 1. The Morgan fingerprint density at radius 2 is 2.00 bits per heavy atom. The molecule has 0 unspecified atom stereocenters. The Balaban J connectivity index is 1.81. The van der Waals surface area contributed by atoms with Crippen LogP contribution in [-0.4, -0.2) is 27.5 Å². The molecule has 0 spiro atoms. The molecule has 2 aromatic carbocycles. The quantitative estimate of drug-likeness (QED) is 0.508. The summed E-state index contributed by atoms with van der Waals surface area (Å²) in [6.07, 6.45) is 0. The average Bonchev–Trinajstić information content (AvgIpc) is 2.92. The number of halogens is 3. The van der Waals surface area contributed by atoms with Crippen molar-refractivity contribution in [3.8, 4) is 0 Å². The first-order chi connectivity index (χ1) is 12.8. The highest BCUT2D eigenvalue weighted by Crippen LogP contribution is 2.35. The minimum absolute atomic E-state index is 0.0241. The molecular formula is C18H11BrCl2N4O2. The van der Waals surface area contributed by atoms with Crippen molar-refractivity contribution >= 4 is 67.1 Å². The third kappa shape index (κ3) is 3.12. The molecule has 27 heavy (non-hydrogen) atoms. The van der Waals surface area contributed by atoms with Gasteiger partial charge in [0.2, 0.25) is 0 Å². The maximum Gasteiger partial charge on any atom is 0.259 e. The van der Waals surface area contributed by atoms with Gasteiger partial charge < -0.3 is 15.0 Å². The monoisotopic (exact) mass is 464 g/mol. The molecule has 0 fully saturated rings. The summed E-state index contributed by atoms with van der Waals surface area (Å²) < 4.78 is 0.757. The van der Waals surface area contributed by atoms with E-state index in [4.69, 9.17) is 28.6 Å². The van der Waals surface area contributed by atoms with Gasteiger partial charge in [-0.3, -0.25) is 10.2 Å². The highest BCUT2D eigenvalue weighted by molar-refractivity contribution is 9.10. The molecule has 6 nitrogen and oxygen atoms in total. The number of amidine groups is 1. The Morgan fingerprint density at radius 1 is 1.22 bits per heavy atom. The van der Waals surface area contributed by atoms with Crippen molar-refractivity contribution in [2.75, 3.05) is 11.4 Å². The van der Waals surface area contributed by atoms with E-state index in [2.05, 4.69) is 25.9 Å². The highest BCUT2D eigenvalue weighted by atomic mass is 79.9. The number of nitrogens with one attached hydrogen (secondary N) is 2. The zero-order valence-electron chi connectivity index (χ0n) is 13.6. The van der Waals surface area contributed by atoms with Crippen molar-refractivity contribution in [3.63, 3.8) is 0 Å². The minimum atomic E-state index is -0.358. The molecule has 4 rings (SSSR count). The number of nitrogens with zero attached hydrogens (tertiary/aromatic N) is 2. The molecule has 0 atom stereocenters. The number of hydrogen-bond acceptors (Lipinski definition) is 4. The van der Waals surface area contributed by atoms with Crippen LogP contribution in [0.1, 0.15) is 5.82 Å². The molecule has 9 heteroatoms. The fourth-order valence-electron chi connectivity index (χ4n) is 2.96. The SMILES string of the molecule is N=C1C(c2nc3ccc(Br)cc3c(=O)[nH]2)=C(O)CN1c1cc(Cl)ccc1Cl. The Morgan fingerprint density at radius 3 is 2.78 bits per heavy atom. The molecule has 0 saturated carbocycles. The summed E-state index contributed by atoms with van der Waals surface area (Å²) in [5.74, 6) is 0.00454. The van der Waals surface area contributed by atoms with Gasteiger partial charge in [0, 0.05) is 9.50 Å². The van der Waals surface area contributed by atoms with Crippen molar-refractivity contribution in [3.05, 3.63) is 72.9 Å². The number of fused-ring (bicyclic) bond motifs is 1. The maximum absolute atomic E-state index is 12.4. The number of aromatic nitrogens is 2. The van der Waals surface area contributed by atoms with E-state index in [1.165, 1.54) is 4.90 Å². The zero-order valence-corrected chi connectivity index (χ0v) is 16.7. The minimum Gasteiger partial charge on any atom is -0.509 e. The summed E-state index contributed by atoms with van der Waals surface area (Å²) >= 11 is 15.6. The average molecular weight is 466 g/mol.